The third-order valence-electron chi connectivity index (χ3n) is 5.80. The van der Waals surface area contributed by atoms with Crippen molar-refractivity contribution in [1.82, 2.24) is 5.32 Å². The number of carbonyl (C=O) groups excluding carboxylic acids is 3. The second kappa shape index (κ2) is 7.95. The van der Waals surface area contributed by atoms with Crippen LogP contribution in [0.5, 0.6) is 0 Å². The summed E-state index contributed by atoms with van der Waals surface area (Å²) in [5, 5.41) is 2.62. The number of hydrogen-bond acceptors (Lipinski definition) is 4. The number of nitrogens with zero attached hydrogens (tertiary/aromatic N) is 2. The Morgan fingerprint density at radius 1 is 1.09 bits per heavy atom. The zero-order valence-electron chi connectivity index (χ0n) is 18.4. The molecule has 0 aromatic heterocycles. The summed E-state index contributed by atoms with van der Waals surface area (Å²) >= 11 is 6.02. The number of rotatable bonds is 3. The van der Waals surface area contributed by atoms with Crippen LogP contribution in [0.1, 0.15) is 38.8 Å². The second-order valence-electron chi connectivity index (χ2n) is 8.44. The minimum atomic E-state index is -0.801. The average Bonchev–Trinajstić information content (AvgIpc) is 2.71. The molecule has 2 aromatic carbocycles. The lowest BCUT2D eigenvalue weighted by atomic mass is 9.88. The number of likely N-dealkylation sites (N-methyl/N-ethyl adjacent to an activating group) is 1. The van der Waals surface area contributed by atoms with Gasteiger partial charge < -0.3 is 4.90 Å². The van der Waals surface area contributed by atoms with E-state index in [1.165, 1.54) is 12.1 Å². The molecule has 164 valence electrons. The van der Waals surface area contributed by atoms with Crippen molar-refractivity contribution in [3.05, 3.63) is 70.3 Å². The quantitative estimate of drug-likeness (QED) is 0.527. The van der Waals surface area contributed by atoms with E-state index < -0.39 is 17.8 Å². The number of hydrogen-bond donors (Lipinski definition) is 1. The summed E-state index contributed by atoms with van der Waals surface area (Å²) in [5.74, 6) is -1.41. The van der Waals surface area contributed by atoms with E-state index in [0.717, 1.165) is 28.3 Å². The van der Waals surface area contributed by atoms with E-state index in [-0.39, 0.29) is 11.1 Å². The fourth-order valence-electron chi connectivity index (χ4n) is 4.44. The molecule has 1 N–H and O–H groups in total. The minimum absolute atomic E-state index is 0.108. The second-order valence-corrected chi connectivity index (χ2v) is 8.88. The molecule has 0 unspecified atom stereocenters. The number of imide groups is 2. The largest absolute Gasteiger partial charge is 0.363 e. The van der Waals surface area contributed by atoms with Gasteiger partial charge in [0.15, 0.2) is 0 Å². The summed E-state index contributed by atoms with van der Waals surface area (Å²) in [6.07, 6.45) is 3.74. The van der Waals surface area contributed by atoms with E-state index in [0.29, 0.717) is 16.3 Å². The van der Waals surface area contributed by atoms with Crippen LogP contribution in [-0.4, -0.2) is 29.9 Å². The number of anilines is 2. The monoisotopic (exact) mass is 449 g/mol. The van der Waals surface area contributed by atoms with Crippen molar-refractivity contribution in [3.63, 3.8) is 0 Å². The highest BCUT2D eigenvalue weighted by Crippen LogP contribution is 2.39. The van der Waals surface area contributed by atoms with Crippen LogP contribution in [0.15, 0.2) is 54.1 Å². The maximum Gasteiger partial charge on any atom is 0.335 e. The Labute approximate surface area is 192 Å². The van der Waals surface area contributed by atoms with Gasteiger partial charge in [0.2, 0.25) is 0 Å². The van der Waals surface area contributed by atoms with Crippen molar-refractivity contribution in [1.29, 1.82) is 0 Å². The maximum atomic E-state index is 13.1. The van der Waals surface area contributed by atoms with Gasteiger partial charge in [0, 0.05) is 22.8 Å². The van der Waals surface area contributed by atoms with Gasteiger partial charge in [0.25, 0.3) is 11.8 Å². The summed E-state index contributed by atoms with van der Waals surface area (Å²) in [6.45, 7) is 9.36. The molecule has 2 aliphatic heterocycles. The van der Waals surface area contributed by atoms with Gasteiger partial charge in [0.05, 0.1) is 11.2 Å². The van der Waals surface area contributed by atoms with Gasteiger partial charge in [-0.05, 0) is 75.2 Å². The predicted octanol–water partition coefficient (Wildman–Crippen LogP) is 5.03. The van der Waals surface area contributed by atoms with E-state index in [1.54, 1.807) is 18.2 Å². The van der Waals surface area contributed by atoms with E-state index in [2.05, 4.69) is 44.0 Å². The fraction of sp³-hybridized carbons (Fsp3) is 0.240. The van der Waals surface area contributed by atoms with Crippen molar-refractivity contribution >= 4 is 52.5 Å². The SMILES string of the molecule is CCN1c2ccc(/C=C3\C(=O)NC(=O)N(c4cccc(Cl)c4)C3=O)cc2C(C)=CC1(C)C. The Bertz CT molecular complexity index is 1210. The highest BCUT2D eigenvalue weighted by atomic mass is 35.5. The number of fused-ring (bicyclic) bond motifs is 1. The normalized spacial score (nSPS) is 19.1. The van der Waals surface area contributed by atoms with Gasteiger partial charge >= 0.3 is 6.03 Å². The van der Waals surface area contributed by atoms with Crippen LogP contribution < -0.4 is 15.1 Å². The molecule has 2 heterocycles. The van der Waals surface area contributed by atoms with Crippen molar-refractivity contribution in [2.45, 2.75) is 33.2 Å². The Kier molecular flexibility index (Phi) is 5.42. The third kappa shape index (κ3) is 3.71. The van der Waals surface area contributed by atoms with E-state index in [9.17, 15) is 14.4 Å². The van der Waals surface area contributed by atoms with Crippen molar-refractivity contribution in [3.8, 4) is 0 Å². The zero-order valence-corrected chi connectivity index (χ0v) is 19.2. The molecule has 0 aliphatic carbocycles. The topological polar surface area (TPSA) is 69.7 Å². The standard InChI is InChI=1S/C25H24ClN3O3/c1-5-28-21-10-9-16(11-19(21)15(2)14-25(28,3)4)12-20-22(30)27-24(32)29(23(20)31)18-8-6-7-17(26)13-18/h6-14H,5H2,1-4H3,(H,27,30,32)/b20-12+. The summed E-state index contributed by atoms with van der Waals surface area (Å²) in [5.41, 5.74) is 4.05. The van der Waals surface area contributed by atoms with E-state index >= 15 is 0 Å². The molecular weight excluding hydrogens is 426 g/mol. The minimum Gasteiger partial charge on any atom is -0.363 e. The van der Waals surface area contributed by atoms with Gasteiger partial charge in [0.1, 0.15) is 5.57 Å². The van der Waals surface area contributed by atoms with Gasteiger partial charge in [-0.2, -0.15) is 0 Å². The number of benzene rings is 2. The van der Waals surface area contributed by atoms with Crippen LogP contribution in [0.3, 0.4) is 0 Å². The smallest absolute Gasteiger partial charge is 0.335 e. The number of allylic oxidation sites excluding steroid dienone is 1. The maximum absolute atomic E-state index is 13.1. The number of urea groups is 1. The highest BCUT2D eigenvalue weighted by molar-refractivity contribution is 6.39. The zero-order chi connectivity index (χ0) is 23.2. The summed E-state index contributed by atoms with van der Waals surface area (Å²) in [4.78, 5) is 41.2. The predicted molar refractivity (Wildman–Crippen MR) is 128 cm³/mol. The van der Waals surface area contributed by atoms with E-state index in [4.69, 9.17) is 11.6 Å². The molecule has 1 fully saturated rings. The number of nitrogens with one attached hydrogen (secondary N) is 1. The Balaban J connectivity index is 1.75. The van der Waals surface area contributed by atoms with Crippen molar-refractivity contribution < 1.29 is 14.4 Å². The number of barbiturate groups is 1. The number of carbonyl (C=O) groups is 3. The van der Waals surface area contributed by atoms with Crippen LogP contribution >= 0.6 is 11.6 Å². The molecule has 2 aromatic rings. The summed E-state index contributed by atoms with van der Waals surface area (Å²) in [7, 11) is 0. The molecule has 0 saturated carbocycles. The molecule has 0 spiro atoms. The Hall–Kier alpha value is -3.38. The summed E-state index contributed by atoms with van der Waals surface area (Å²) in [6, 6.07) is 11.4. The van der Waals surface area contributed by atoms with Gasteiger partial charge in [-0.15, -0.1) is 0 Å². The van der Waals surface area contributed by atoms with Crippen molar-refractivity contribution in [2.75, 3.05) is 16.3 Å². The first-order valence-electron chi connectivity index (χ1n) is 10.4. The molecule has 1 saturated heterocycles. The van der Waals surface area contributed by atoms with Crippen LogP contribution in [0.4, 0.5) is 16.2 Å². The first-order chi connectivity index (χ1) is 15.1. The number of amides is 4. The lowest BCUT2D eigenvalue weighted by Gasteiger charge is -2.42. The summed E-state index contributed by atoms with van der Waals surface area (Å²) < 4.78 is 0. The molecule has 7 heteroatoms. The fourth-order valence-corrected chi connectivity index (χ4v) is 4.63. The Morgan fingerprint density at radius 3 is 2.53 bits per heavy atom. The van der Waals surface area contributed by atoms with Crippen LogP contribution in [-0.2, 0) is 9.59 Å². The molecule has 32 heavy (non-hydrogen) atoms. The van der Waals surface area contributed by atoms with Crippen LogP contribution in [0.25, 0.3) is 11.6 Å². The van der Waals surface area contributed by atoms with E-state index in [1.807, 2.05) is 18.2 Å². The molecule has 4 rings (SSSR count). The molecular formula is C25H24ClN3O3. The van der Waals surface area contributed by atoms with Crippen LogP contribution in [0, 0.1) is 0 Å². The lowest BCUT2D eigenvalue weighted by Crippen LogP contribution is -2.54. The molecule has 0 bridgehead atoms. The highest BCUT2D eigenvalue weighted by Gasteiger charge is 2.37. The number of halogens is 1. The average molecular weight is 450 g/mol. The first-order valence-corrected chi connectivity index (χ1v) is 10.8. The first kappa shape index (κ1) is 21.8. The third-order valence-corrected chi connectivity index (χ3v) is 6.03. The van der Waals surface area contributed by atoms with Gasteiger partial charge in [-0.25, -0.2) is 9.69 Å². The van der Waals surface area contributed by atoms with Crippen LogP contribution in [0.2, 0.25) is 5.02 Å². The Morgan fingerprint density at radius 2 is 1.84 bits per heavy atom. The molecule has 0 radical (unpaired) electrons. The van der Waals surface area contributed by atoms with Crippen molar-refractivity contribution in [2.24, 2.45) is 0 Å². The van der Waals surface area contributed by atoms with Gasteiger partial charge in [-0.3, -0.25) is 14.9 Å². The molecule has 6 nitrogen and oxygen atoms in total. The molecule has 2 aliphatic rings. The lowest BCUT2D eigenvalue weighted by molar-refractivity contribution is -0.122. The molecule has 4 amide bonds. The molecule has 0 atom stereocenters. The van der Waals surface area contributed by atoms with Gasteiger partial charge in [-0.1, -0.05) is 29.8 Å².